The van der Waals surface area contributed by atoms with E-state index in [1.807, 2.05) is 30.3 Å². The summed E-state index contributed by atoms with van der Waals surface area (Å²) in [4.78, 5) is 10.8. The largest absolute Gasteiger partial charge is 0.341 e. The van der Waals surface area contributed by atoms with Gasteiger partial charge in [0.05, 0.1) is 0 Å². The average Bonchev–Trinajstić information content (AvgIpc) is 2.19. The minimum atomic E-state index is -0.166. The minimum absolute atomic E-state index is 0.166. The van der Waals surface area contributed by atoms with Crippen molar-refractivity contribution in [3.8, 4) is 0 Å². The van der Waals surface area contributed by atoms with E-state index >= 15 is 0 Å². The van der Waals surface area contributed by atoms with Crippen molar-refractivity contribution in [2.24, 2.45) is 0 Å². The lowest BCUT2D eigenvalue weighted by atomic mass is 10.2. The van der Waals surface area contributed by atoms with Crippen molar-refractivity contribution in [3.63, 3.8) is 0 Å². The van der Waals surface area contributed by atoms with E-state index in [0.717, 1.165) is 5.75 Å². The summed E-state index contributed by atoms with van der Waals surface area (Å²) in [6, 6.07) is 9.82. The Bertz CT molecular complexity index is 264. The van der Waals surface area contributed by atoms with Gasteiger partial charge in [0.15, 0.2) is 0 Å². The molecular formula is C9H12N2OS. The maximum absolute atomic E-state index is 10.8. The Kier molecular flexibility index (Phi) is 4.18. The molecule has 0 aliphatic rings. The molecule has 0 atom stereocenters. The summed E-state index contributed by atoms with van der Waals surface area (Å²) in [5.74, 6) is 0.786. The number of rotatable bonds is 3. The highest BCUT2D eigenvalue weighted by Crippen LogP contribution is 2.07. The summed E-state index contributed by atoms with van der Waals surface area (Å²) in [5.41, 5.74) is 1.20. The summed E-state index contributed by atoms with van der Waals surface area (Å²) in [6.45, 7) is 0. The number of benzene rings is 1. The topological polar surface area (TPSA) is 41.1 Å². The zero-order valence-electron chi connectivity index (χ0n) is 7.41. The van der Waals surface area contributed by atoms with Gasteiger partial charge < -0.3 is 5.32 Å². The van der Waals surface area contributed by atoms with Gasteiger partial charge in [-0.05, 0) is 17.5 Å². The third kappa shape index (κ3) is 3.85. The van der Waals surface area contributed by atoms with E-state index < -0.39 is 0 Å². The predicted molar refractivity (Wildman–Crippen MR) is 55.3 cm³/mol. The molecule has 0 bridgehead atoms. The molecular weight excluding hydrogens is 184 g/mol. The number of hydrogen-bond donors (Lipinski definition) is 2. The number of amides is 2. The molecule has 3 nitrogen and oxygen atoms in total. The molecule has 0 aliphatic carbocycles. The normalized spacial score (nSPS) is 9.31. The first kappa shape index (κ1) is 9.92. The lowest BCUT2D eigenvalue weighted by Crippen LogP contribution is -2.27. The lowest BCUT2D eigenvalue weighted by Gasteiger charge is -2.02. The van der Waals surface area contributed by atoms with Crippen molar-refractivity contribution in [2.45, 2.75) is 5.75 Å². The molecule has 1 aromatic carbocycles. The van der Waals surface area contributed by atoms with E-state index in [1.165, 1.54) is 17.5 Å². The molecule has 13 heavy (non-hydrogen) atoms. The second-order valence-corrected chi connectivity index (χ2v) is 3.24. The van der Waals surface area contributed by atoms with Crippen LogP contribution < -0.4 is 10.0 Å². The quantitative estimate of drug-likeness (QED) is 0.723. The van der Waals surface area contributed by atoms with Crippen molar-refractivity contribution in [1.82, 2.24) is 10.0 Å². The molecule has 2 amide bonds. The van der Waals surface area contributed by atoms with Crippen LogP contribution in [-0.4, -0.2) is 13.1 Å². The summed E-state index contributed by atoms with van der Waals surface area (Å²) < 4.78 is 2.65. The zero-order valence-corrected chi connectivity index (χ0v) is 8.23. The van der Waals surface area contributed by atoms with Gasteiger partial charge in [0.25, 0.3) is 0 Å². The van der Waals surface area contributed by atoms with Crippen LogP contribution in [0.5, 0.6) is 0 Å². The molecule has 0 aromatic heterocycles. The Morgan fingerprint density at radius 2 is 2.08 bits per heavy atom. The maximum atomic E-state index is 10.8. The Morgan fingerprint density at radius 3 is 2.69 bits per heavy atom. The molecule has 4 heteroatoms. The fourth-order valence-corrected chi connectivity index (χ4v) is 1.47. The van der Waals surface area contributed by atoms with Crippen molar-refractivity contribution < 1.29 is 4.79 Å². The first-order valence-corrected chi connectivity index (χ1v) is 4.95. The average molecular weight is 196 g/mol. The van der Waals surface area contributed by atoms with E-state index in [4.69, 9.17) is 0 Å². The van der Waals surface area contributed by atoms with Crippen LogP contribution in [0, 0.1) is 0 Å². The SMILES string of the molecule is CNC(=O)NSCc1ccccc1. The third-order valence-corrected chi connectivity index (χ3v) is 2.28. The zero-order chi connectivity index (χ0) is 9.52. The highest BCUT2D eigenvalue weighted by molar-refractivity contribution is 7.97. The van der Waals surface area contributed by atoms with E-state index in [1.54, 1.807) is 7.05 Å². The molecule has 0 aliphatic heterocycles. The number of nitrogens with one attached hydrogen (secondary N) is 2. The Hall–Kier alpha value is -1.16. The van der Waals surface area contributed by atoms with Crippen LogP contribution in [-0.2, 0) is 5.75 Å². The second-order valence-electron chi connectivity index (χ2n) is 2.46. The highest BCUT2D eigenvalue weighted by Gasteiger charge is 1.95. The van der Waals surface area contributed by atoms with Gasteiger partial charge in [-0.25, -0.2) is 4.79 Å². The fourth-order valence-electron chi connectivity index (χ4n) is 0.810. The molecule has 1 aromatic rings. The molecule has 70 valence electrons. The standard InChI is InChI=1S/C9H12N2OS/c1-10-9(12)11-13-7-8-5-3-2-4-6-8/h2-6H,7H2,1H3,(H2,10,11,12). The van der Waals surface area contributed by atoms with Crippen LogP contribution in [0.25, 0.3) is 0 Å². The monoisotopic (exact) mass is 196 g/mol. The predicted octanol–water partition coefficient (Wildman–Crippen LogP) is 1.76. The summed E-state index contributed by atoms with van der Waals surface area (Å²) in [6.07, 6.45) is 0. The van der Waals surface area contributed by atoms with Crippen LogP contribution in [0.3, 0.4) is 0 Å². The van der Waals surface area contributed by atoms with Crippen LogP contribution in [0.2, 0.25) is 0 Å². The van der Waals surface area contributed by atoms with Gasteiger partial charge in [-0.3, -0.25) is 4.72 Å². The second kappa shape index (κ2) is 5.48. The summed E-state index contributed by atoms with van der Waals surface area (Å²) in [7, 11) is 1.60. The first-order valence-electron chi connectivity index (χ1n) is 3.96. The fraction of sp³-hybridized carbons (Fsp3) is 0.222. The van der Waals surface area contributed by atoms with Crippen LogP contribution in [0.1, 0.15) is 5.56 Å². The van der Waals surface area contributed by atoms with Crippen molar-refractivity contribution >= 4 is 18.0 Å². The molecule has 0 saturated carbocycles. The van der Waals surface area contributed by atoms with E-state index in [9.17, 15) is 4.79 Å². The minimum Gasteiger partial charge on any atom is -0.341 e. The van der Waals surface area contributed by atoms with Crippen molar-refractivity contribution in [3.05, 3.63) is 35.9 Å². The first-order chi connectivity index (χ1) is 6.33. The summed E-state index contributed by atoms with van der Waals surface area (Å²) in [5, 5.41) is 2.48. The van der Waals surface area contributed by atoms with E-state index in [0.29, 0.717) is 0 Å². The van der Waals surface area contributed by atoms with Crippen molar-refractivity contribution in [1.29, 1.82) is 0 Å². The molecule has 1 rings (SSSR count). The van der Waals surface area contributed by atoms with Crippen LogP contribution in [0.4, 0.5) is 4.79 Å². The van der Waals surface area contributed by atoms with Gasteiger partial charge >= 0.3 is 6.03 Å². The Morgan fingerprint density at radius 1 is 1.38 bits per heavy atom. The van der Waals surface area contributed by atoms with Crippen molar-refractivity contribution in [2.75, 3.05) is 7.05 Å². The molecule has 2 N–H and O–H groups in total. The molecule has 0 spiro atoms. The number of hydrogen-bond acceptors (Lipinski definition) is 2. The third-order valence-electron chi connectivity index (χ3n) is 1.47. The molecule has 0 fully saturated rings. The lowest BCUT2D eigenvalue weighted by molar-refractivity contribution is 0.248. The van der Waals surface area contributed by atoms with Gasteiger partial charge in [0.1, 0.15) is 0 Å². The Balaban J connectivity index is 2.24. The maximum Gasteiger partial charge on any atom is 0.324 e. The highest BCUT2D eigenvalue weighted by atomic mass is 32.2. The van der Waals surface area contributed by atoms with E-state index in [2.05, 4.69) is 10.0 Å². The van der Waals surface area contributed by atoms with Crippen LogP contribution in [0.15, 0.2) is 30.3 Å². The van der Waals surface area contributed by atoms with Gasteiger partial charge in [-0.2, -0.15) is 0 Å². The van der Waals surface area contributed by atoms with Crippen LogP contribution >= 0.6 is 11.9 Å². The number of carbonyl (C=O) groups excluding carboxylic acids is 1. The number of carbonyl (C=O) groups is 1. The van der Waals surface area contributed by atoms with Gasteiger partial charge in [-0.15, -0.1) is 0 Å². The van der Waals surface area contributed by atoms with Gasteiger partial charge in [0.2, 0.25) is 0 Å². The van der Waals surface area contributed by atoms with E-state index in [-0.39, 0.29) is 6.03 Å². The smallest absolute Gasteiger partial charge is 0.324 e. The van der Waals surface area contributed by atoms with Gasteiger partial charge in [0, 0.05) is 12.8 Å². The molecule has 0 heterocycles. The number of urea groups is 1. The molecule has 0 radical (unpaired) electrons. The Labute approximate surface area is 82.0 Å². The summed E-state index contributed by atoms with van der Waals surface area (Å²) >= 11 is 1.38. The molecule has 0 saturated heterocycles. The molecule has 0 unspecified atom stereocenters. The van der Waals surface area contributed by atoms with Gasteiger partial charge in [-0.1, -0.05) is 30.3 Å².